The zero-order valence-electron chi connectivity index (χ0n) is 17.4. The molecule has 28 heavy (non-hydrogen) atoms. The molecule has 0 saturated heterocycles. The Balaban J connectivity index is 0.00000140. The van der Waals surface area contributed by atoms with Crippen molar-refractivity contribution in [3.05, 3.63) is 81.9 Å². The van der Waals surface area contributed by atoms with E-state index >= 15 is 0 Å². The molecule has 0 heterocycles. The fourth-order valence-electron chi connectivity index (χ4n) is 6.42. The molecule has 2 aromatic carbocycles. The maximum absolute atomic E-state index is 3.26. The van der Waals surface area contributed by atoms with Crippen LogP contribution in [0.15, 0.2) is 59.7 Å². The summed E-state index contributed by atoms with van der Waals surface area (Å²) < 4.78 is 5.54. The summed E-state index contributed by atoms with van der Waals surface area (Å²) in [6.45, 7) is 9.66. The van der Waals surface area contributed by atoms with Gasteiger partial charge in [-0.1, -0.05) is 0 Å². The second kappa shape index (κ2) is 8.38. The fourth-order valence-corrected chi connectivity index (χ4v) is 33.7. The van der Waals surface area contributed by atoms with Gasteiger partial charge in [-0.05, 0) is 0 Å². The number of halogens is 2. The van der Waals surface area contributed by atoms with Gasteiger partial charge in [-0.3, -0.25) is 0 Å². The van der Waals surface area contributed by atoms with E-state index in [1.165, 1.54) is 21.7 Å². The van der Waals surface area contributed by atoms with Gasteiger partial charge in [0.05, 0.1) is 0 Å². The molecular formula is C24H32Cl2SiZr. The van der Waals surface area contributed by atoms with Gasteiger partial charge < -0.3 is 0 Å². The van der Waals surface area contributed by atoms with Crippen molar-refractivity contribution in [3.63, 3.8) is 0 Å². The quantitative estimate of drug-likeness (QED) is 0.380. The Morgan fingerprint density at radius 2 is 1.18 bits per heavy atom. The summed E-state index contributed by atoms with van der Waals surface area (Å²) in [7, 11) is 0. The third kappa shape index (κ3) is 3.49. The Kier molecular flexibility index (Phi) is 7.15. The summed E-state index contributed by atoms with van der Waals surface area (Å²) in [6, 6.07) is 18.3. The monoisotopic (exact) mass is 508 g/mol. The van der Waals surface area contributed by atoms with Crippen LogP contribution in [0.4, 0.5) is 0 Å². The van der Waals surface area contributed by atoms with Crippen LogP contribution in [0.3, 0.4) is 0 Å². The smallest absolute Gasteiger partial charge is 0.147 e. The van der Waals surface area contributed by atoms with Gasteiger partial charge >= 0.3 is 162 Å². The number of hydrogen-bond donors (Lipinski definition) is 0. The zero-order chi connectivity index (χ0) is 18.6. The molecule has 0 N–H and O–H groups in total. The minimum absolute atomic E-state index is 0. The Labute approximate surface area is 185 Å². The number of allylic oxidation sites excluding steroid dienone is 2. The first-order chi connectivity index (χ1) is 12.4. The van der Waals surface area contributed by atoms with Crippen molar-refractivity contribution >= 4 is 43.8 Å². The van der Waals surface area contributed by atoms with E-state index in [4.69, 9.17) is 0 Å². The predicted molar refractivity (Wildman–Crippen MR) is 130 cm³/mol. The average Bonchev–Trinajstić information content (AvgIpc) is 3.11. The van der Waals surface area contributed by atoms with E-state index in [2.05, 4.69) is 93.0 Å². The molecule has 0 amide bonds. The van der Waals surface area contributed by atoms with Crippen molar-refractivity contribution in [2.45, 2.75) is 43.2 Å². The first kappa shape index (κ1) is 23.9. The van der Waals surface area contributed by atoms with Crippen LogP contribution >= 0.6 is 24.8 Å². The molecule has 2 unspecified atom stereocenters. The summed E-state index contributed by atoms with van der Waals surface area (Å²) >= 11 is -3.26. The maximum Gasteiger partial charge on any atom is -0.147 e. The molecule has 4 rings (SSSR count). The van der Waals surface area contributed by atoms with Gasteiger partial charge in [-0.25, -0.2) is 0 Å². The van der Waals surface area contributed by atoms with Gasteiger partial charge in [0.2, 0.25) is 0 Å². The maximum atomic E-state index is 2.78. The van der Waals surface area contributed by atoms with Crippen LogP contribution in [0.25, 0.3) is 12.2 Å². The van der Waals surface area contributed by atoms with Crippen LogP contribution in [0.1, 0.15) is 56.7 Å². The van der Waals surface area contributed by atoms with E-state index in [9.17, 15) is 0 Å². The largest absolute Gasteiger partial charge is 0.147 e. The third-order valence-electron chi connectivity index (χ3n) is 6.98. The van der Waals surface area contributed by atoms with Crippen molar-refractivity contribution in [1.29, 1.82) is 0 Å². The molecule has 2 aliphatic carbocycles. The number of benzene rings is 2. The molecule has 0 nitrogen and oxygen atoms in total. The van der Waals surface area contributed by atoms with Gasteiger partial charge in [-0.2, -0.15) is 0 Å². The predicted octanol–water partition coefficient (Wildman–Crippen LogP) is 7.26. The van der Waals surface area contributed by atoms with Gasteiger partial charge in [0, 0.05) is 0 Å². The molecule has 2 aliphatic rings. The normalized spacial score (nSPS) is 20.3. The van der Waals surface area contributed by atoms with Gasteiger partial charge in [0.1, 0.15) is 0 Å². The van der Waals surface area contributed by atoms with Crippen LogP contribution < -0.4 is 0 Å². The second-order valence-electron chi connectivity index (χ2n) is 9.17. The average molecular weight is 511 g/mol. The number of rotatable bonds is 4. The first-order valence-electron chi connectivity index (χ1n) is 9.96. The molecule has 0 radical (unpaired) electrons. The molecular weight excluding hydrogens is 478 g/mol. The van der Waals surface area contributed by atoms with Crippen LogP contribution in [-0.2, 0) is 17.4 Å². The molecule has 0 bridgehead atoms. The molecule has 4 heteroatoms. The van der Waals surface area contributed by atoms with Crippen molar-refractivity contribution in [2.24, 2.45) is 0 Å². The molecule has 0 aliphatic heterocycles. The molecule has 0 aromatic heterocycles. The van der Waals surface area contributed by atoms with Gasteiger partial charge in [0.15, 0.2) is 0 Å². The number of hydrogen-bond acceptors (Lipinski definition) is 0. The molecule has 0 fully saturated rings. The third-order valence-corrected chi connectivity index (χ3v) is 30.9. The fraction of sp³-hybridized carbons (Fsp3) is 0.333. The summed E-state index contributed by atoms with van der Waals surface area (Å²) in [6.07, 6.45) is 6.24. The Bertz CT molecular complexity index is 947. The van der Waals surface area contributed by atoms with E-state index in [1.807, 2.05) is 0 Å². The second-order valence-corrected chi connectivity index (χ2v) is 37.6. The number of fused-ring (bicyclic) bond motifs is 2. The van der Waals surface area contributed by atoms with E-state index in [-0.39, 0.29) is 24.8 Å². The van der Waals surface area contributed by atoms with Crippen LogP contribution in [-0.4, -0.2) is 6.88 Å². The standard InChI is InChI=1S/2C10H9.C3H7.CH3.2ClH.H2Si.Zr/c2*1-8-6-9-4-2-3-5-10(9)7-8;1-3-2;;;;;/h2*2-7H,1H3;1,3H2,2H3;1H3;2*1H;1H2;. The van der Waals surface area contributed by atoms with Crippen molar-refractivity contribution < 1.29 is 17.4 Å². The van der Waals surface area contributed by atoms with Crippen molar-refractivity contribution in [3.8, 4) is 0 Å². The summed E-state index contributed by atoms with van der Waals surface area (Å²) in [5, 5.41) is 0. The summed E-state index contributed by atoms with van der Waals surface area (Å²) in [5.74, 6) is 0. The van der Waals surface area contributed by atoms with Gasteiger partial charge in [0.25, 0.3) is 0 Å². The van der Waals surface area contributed by atoms with Crippen molar-refractivity contribution in [1.82, 2.24) is 0 Å². The Hall–Kier alpha value is -0.400. The van der Waals surface area contributed by atoms with Gasteiger partial charge in [-0.15, -0.1) is 24.8 Å². The molecule has 150 valence electrons. The Morgan fingerprint density at radius 1 is 0.786 bits per heavy atom. The topological polar surface area (TPSA) is 0 Å². The summed E-state index contributed by atoms with van der Waals surface area (Å²) in [4.78, 5) is 0. The van der Waals surface area contributed by atoms with E-state index in [0.29, 0.717) is 7.25 Å². The minimum Gasteiger partial charge on any atom is -0.147 e. The van der Waals surface area contributed by atoms with E-state index in [1.54, 1.807) is 22.3 Å². The molecule has 0 spiro atoms. The van der Waals surface area contributed by atoms with E-state index < -0.39 is 17.4 Å². The van der Waals surface area contributed by atoms with Crippen LogP contribution in [0.2, 0.25) is 8.76 Å². The van der Waals surface area contributed by atoms with Crippen LogP contribution in [0, 0.1) is 0 Å². The van der Waals surface area contributed by atoms with Crippen LogP contribution in [0.5, 0.6) is 0 Å². The molecule has 0 saturated carbocycles. The SMILES string of the molecule is CC[CH2][Zr]([CH3])(=[SiH2])([CH]1C(C)=Cc2ccccc21)[CH]1C(C)=Cc2ccccc21.Cl.Cl. The van der Waals surface area contributed by atoms with E-state index in [0.717, 1.165) is 0 Å². The van der Waals surface area contributed by atoms with Crippen molar-refractivity contribution in [2.75, 3.05) is 0 Å². The molecule has 2 aromatic rings. The molecule has 2 atom stereocenters. The zero-order valence-corrected chi connectivity index (χ0v) is 22.9. The minimum atomic E-state index is -3.26. The Morgan fingerprint density at radius 3 is 1.57 bits per heavy atom. The summed E-state index contributed by atoms with van der Waals surface area (Å²) in [5.41, 5.74) is 9.37. The first-order valence-corrected chi connectivity index (χ1v) is 22.9.